The van der Waals surface area contributed by atoms with Crippen molar-refractivity contribution < 1.29 is 18.8 Å². The second-order valence-corrected chi connectivity index (χ2v) is 7.43. The van der Waals surface area contributed by atoms with Gasteiger partial charge in [-0.3, -0.25) is 9.59 Å². The van der Waals surface area contributed by atoms with E-state index < -0.39 is 0 Å². The Balaban J connectivity index is 1.72. The highest BCUT2D eigenvalue weighted by atomic mass is 16.5. The molecule has 28 heavy (non-hydrogen) atoms. The summed E-state index contributed by atoms with van der Waals surface area (Å²) in [6.45, 7) is 8.44. The highest BCUT2D eigenvalue weighted by Gasteiger charge is 2.20. The smallest absolute Gasteiger partial charge is 0.257 e. The molecule has 0 fully saturated rings. The van der Waals surface area contributed by atoms with Gasteiger partial charge in [0.1, 0.15) is 5.75 Å². The molecule has 8 heteroatoms. The quantitative estimate of drug-likeness (QED) is 0.684. The first kappa shape index (κ1) is 21.4. The van der Waals surface area contributed by atoms with Crippen molar-refractivity contribution in [2.45, 2.75) is 52.4 Å². The van der Waals surface area contributed by atoms with Gasteiger partial charge >= 0.3 is 0 Å². The van der Waals surface area contributed by atoms with Crippen LogP contribution in [0.2, 0.25) is 0 Å². The van der Waals surface area contributed by atoms with Crippen LogP contribution >= 0.6 is 0 Å². The Hall–Kier alpha value is -2.90. The summed E-state index contributed by atoms with van der Waals surface area (Å²) < 4.78 is 10.6. The topological polar surface area (TPSA) is 106 Å². The minimum Gasteiger partial charge on any atom is -0.484 e. The van der Waals surface area contributed by atoms with E-state index in [4.69, 9.17) is 9.26 Å². The second-order valence-electron chi connectivity index (χ2n) is 7.43. The first-order chi connectivity index (χ1) is 13.3. The number of nitrogens with one attached hydrogen (secondary N) is 2. The molecule has 0 aliphatic heterocycles. The third kappa shape index (κ3) is 7.02. The van der Waals surface area contributed by atoms with Crippen LogP contribution in [0.15, 0.2) is 28.8 Å². The van der Waals surface area contributed by atoms with Gasteiger partial charge in [-0.2, -0.15) is 4.98 Å². The van der Waals surface area contributed by atoms with Crippen molar-refractivity contribution in [2.24, 2.45) is 0 Å². The molecule has 2 amide bonds. The fourth-order valence-electron chi connectivity index (χ4n) is 2.32. The van der Waals surface area contributed by atoms with Gasteiger partial charge < -0.3 is 19.9 Å². The molecule has 0 saturated carbocycles. The number of aromatic nitrogens is 2. The standard InChI is InChI=1S/C20H28N4O4/c1-5-21-17(26)13-27-15-11-9-14(10-12-15)22-16(25)7-6-8-18-23-19(24-28-18)20(2,3)4/h9-12H,5-8,13H2,1-4H3,(H,21,26)(H,22,25). The number of likely N-dealkylation sites (N-methyl/N-ethyl adjacent to an activating group) is 1. The number of carbonyl (C=O) groups excluding carboxylic acids is 2. The van der Waals surface area contributed by atoms with Crippen LogP contribution in [0.1, 0.15) is 52.3 Å². The third-order valence-corrected chi connectivity index (χ3v) is 3.82. The maximum absolute atomic E-state index is 12.1. The van der Waals surface area contributed by atoms with Crippen LogP contribution in [0.4, 0.5) is 5.69 Å². The van der Waals surface area contributed by atoms with Crippen LogP contribution in [-0.2, 0) is 21.4 Å². The number of rotatable bonds is 9. The average molecular weight is 388 g/mol. The van der Waals surface area contributed by atoms with Crippen molar-refractivity contribution in [1.82, 2.24) is 15.5 Å². The summed E-state index contributed by atoms with van der Waals surface area (Å²) in [7, 11) is 0. The molecule has 0 saturated heterocycles. The highest BCUT2D eigenvalue weighted by molar-refractivity contribution is 5.90. The van der Waals surface area contributed by atoms with Gasteiger partial charge in [0, 0.05) is 30.5 Å². The normalized spacial score (nSPS) is 11.1. The summed E-state index contributed by atoms with van der Waals surface area (Å²) >= 11 is 0. The van der Waals surface area contributed by atoms with E-state index in [9.17, 15) is 9.59 Å². The maximum Gasteiger partial charge on any atom is 0.257 e. The zero-order valence-electron chi connectivity index (χ0n) is 16.9. The molecule has 1 aromatic carbocycles. The molecule has 0 spiro atoms. The van der Waals surface area contributed by atoms with Crippen molar-refractivity contribution in [3.05, 3.63) is 36.0 Å². The van der Waals surface area contributed by atoms with E-state index in [0.29, 0.717) is 49.0 Å². The first-order valence-corrected chi connectivity index (χ1v) is 9.40. The van der Waals surface area contributed by atoms with Gasteiger partial charge in [-0.05, 0) is 37.6 Å². The van der Waals surface area contributed by atoms with Gasteiger partial charge in [0.15, 0.2) is 12.4 Å². The SMILES string of the molecule is CCNC(=O)COc1ccc(NC(=O)CCCc2nc(C(C)(C)C)no2)cc1. The highest BCUT2D eigenvalue weighted by Crippen LogP contribution is 2.19. The predicted molar refractivity (Wildman–Crippen MR) is 105 cm³/mol. The number of ether oxygens (including phenoxy) is 1. The van der Waals surface area contributed by atoms with Crippen molar-refractivity contribution in [3.8, 4) is 5.75 Å². The molecule has 8 nitrogen and oxygen atoms in total. The molecule has 1 heterocycles. The van der Waals surface area contributed by atoms with Crippen molar-refractivity contribution in [1.29, 1.82) is 0 Å². The molecular formula is C20H28N4O4. The van der Waals surface area contributed by atoms with Crippen LogP contribution in [0.5, 0.6) is 5.75 Å². The number of anilines is 1. The van der Waals surface area contributed by atoms with E-state index in [1.54, 1.807) is 24.3 Å². The van der Waals surface area contributed by atoms with Crippen LogP contribution < -0.4 is 15.4 Å². The van der Waals surface area contributed by atoms with Gasteiger partial charge in [0.25, 0.3) is 5.91 Å². The molecule has 152 valence electrons. The number of benzene rings is 1. The van der Waals surface area contributed by atoms with Crippen LogP contribution in [0.3, 0.4) is 0 Å². The maximum atomic E-state index is 12.1. The van der Waals surface area contributed by atoms with Crippen molar-refractivity contribution in [3.63, 3.8) is 0 Å². The fraction of sp³-hybridized carbons (Fsp3) is 0.500. The zero-order chi connectivity index (χ0) is 20.6. The third-order valence-electron chi connectivity index (χ3n) is 3.82. The van der Waals surface area contributed by atoms with Crippen LogP contribution in [0, 0.1) is 0 Å². The molecule has 0 aliphatic carbocycles. The van der Waals surface area contributed by atoms with E-state index in [-0.39, 0.29) is 23.8 Å². The lowest BCUT2D eigenvalue weighted by Gasteiger charge is -2.10. The molecule has 2 N–H and O–H groups in total. The zero-order valence-corrected chi connectivity index (χ0v) is 16.9. The number of aryl methyl sites for hydroxylation is 1. The predicted octanol–water partition coefficient (Wildman–Crippen LogP) is 2.84. The van der Waals surface area contributed by atoms with Gasteiger partial charge in [-0.15, -0.1) is 0 Å². The summed E-state index contributed by atoms with van der Waals surface area (Å²) in [6.07, 6.45) is 1.52. The lowest BCUT2D eigenvalue weighted by molar-refractivity contribution is -0.123. The van der Waals surface area contributed by atoms with Gasteiger partial charge in [-0.1, -0.05) is 25.9 Å². The fourth-order valence-corrected chi connectivity index (χ4v) is 2.32. The summed E-state index contributed by atoms with van der Waals surface area (Å²) in [6, 6.07) is 6.89. The molecule has 0 aliphatic rings. The first-order valence-electron chi connectivity index (χ1n) is 9.40. The number of nitrogens with zero attached hydrogens (tertiary/aromatic N) is 2. The molecule has 0 unspecified atom stereocenters. The van der Waals surface area contributed by atoms with E-state index in [2.05, 4.69) is 20.8 Å². The lowest BCUT2D eigenvalue weighted by Crippen LogP contribution is -2.28. The van der Waals surface area contributed by atoms with E-state index in [0.717, 1.165) is 0 Å². The summed E-state index contributed by atoms with van der Waals surface area (Å²) in [5.41, 5.74) is 0.512. The molecule has 1 aromatic heterocycles. The summed E-state index contributed by atoms with van der Waals surface area (Å²) in [5.74, 6) is 1.52. The van der Waals surface area contributed by atoms with E-state index in [1.165, 1.54) is 0 Å². The summed E-state index contributed by atoms with van der Waals surface area (Å²) in [4.78, 5) is 27.8. The molecule has 2 rings (SSSR count). The Morgan fingerprint density at radius 1 is 1.14 bits per heavy atom. The minimum atomic E-state index is -0.171. The van der Waals surface area contributed by atoms with Gasteiger partial charge in [-0.25, -0.2) is 0 Å². The van der Waals surface area contributed by atoms with Crippen LogP contribution in [0.25, 0.3) is 0 Å². The molecule has 0 bridgehead atoms. The molecular weight excluding hydrogens is 360 g/mol. The van der Waals surface area contributed by atoms with Crippen molar-refractivity contribution in [2.75, 3.05) is 18.5 Å². The number of carbonyl (C=O) groups is 2. The second kappa shape index (κ2) is 9.87. The van der Waals surface area contributed by atoms with Gasteiger partial charge in [0.05, 0.1) is 0 Å². The largest absolute Gasteiger partial charge is 0.484 e. The number of amides is 2. The minimum absolute atomic E-state index is 0.0356. The number of hydrogen-bond donors (Lipinski definition) is 2. The Morgan fingerprint density at radius 2 is 1.86 bits per heavy atom. The lowest BCUT2D eigenvalue weighted by atomic mass is 9.96. The monoisotopic (exact) mass is 388 g/mol. The van der Waals surface area contributed by atoms with Crippen molar-refractivity contribution >= 4 is 17.5 Å². The Kier molecular flexibility index (Phi) is 7.54. The number of hydrogen-bond acceptors (Lipinski definition) is 6. The van der Waals surface area contributed by atoms with E-state index in [1.807, 2.05) is 27.7 Å². The molecule has 2 aromatic rings. The van der Waals surface area contributed by atoms with E-state index >= 15 is 0 Å². The summed E-state index contributed by atoms with van der Waals surface area (Å²) in [5, 5.41) is 9.46. The molecule has 0 radical (unpaired) electrons. The van der Waals surface area contributed by atoms with Gasteiger partial charge in [0.2, 0.25) is 11.8 Å². The Morgan fingerprint density at radius 3 is 2.46 bits per heavy atom. The molecule has 0 atom stereocenters. The van der Waals surface area contributed by atoms with Crippen LogP contribution in [-0.4, -0.2) is 35.1 Å². The Bertz CT molecular complexity index is 778. The Labute approximate surface area is 165 Å². The average Bonchev–Trinajstić information content (AvgIpc) is 3.11.